The van der Waals surface area contributed by atoms with E-state index in [9.17, 15) is 0 Å². The molecule has 0 saturated carbocycles. The highest BCUT2D eigenvalue weighted by molar-refractivity contribution is 5.82. The Bertz CT molecular complexity index is 421. The quantitative estimate of drug-likeness (QED) is 0.309. The summed E-state index contributed by atoms with van der Waals surface area (Å²) < 4.78 is 10.4. The van der Waals surface area contributed by atoms with Crippen molar-refractivity contribution in [3.63, 3.8) is 0 Å². The normalized spacial score (nSPS) is 12.9. The van der Waals surface area contributed by atoms with Crippen LogP contribution in [-0.4, -0.2) is 31.8 Å². The monoisotopic (exact) mass is 253 g/mol. The van der Waals surface area contributed by atoms with E-state index < -0.39 is 0 Å². The minimum Gasteiger partial charge on any atom is -0.497 e. The number of anilines is 1. The average Bonchev–Trinajstić information content (AvgIpc) is 2.43. The third-order valence-electron chi connectivity index (χ3n) is 2.63. The van der Waals surface area contributed by atoms with Crippen LogP contribution in [0.3, 0.4) is 0 Å². The Hall–Kier alpha value is -2.11. The van der Waals surface area contributed by atoms with Gasteiger partial charge < -0.3 is 25.7 Å². The van der Waals surface area contributed by atoms with E-state index in [0.29, 0.717) is 12.3 Å². The van der Waals surface area contributed by atoms with Crippen LogP contribution in [0.15, 0.2) is 23.4 Å². The van der Waals surface area contributed by atoms with Crippen molar-refractivity contribution in [2.45, 2.75) is 6.92 Å². The Kier molecular flexibility index (Phi) is 5.10. The maximum atomic E-state index is 8.57. The number of nitrogens with one attached hydrogen (secondary N) is 1. The molecule has 0 aliphatic heterocycles. The molecule has 0 saturated heterocycles. The molecule has 4 N–H and O–H groups in total. The number of methoxy groups -OCH3 is 2. The van der Waals surface area contributed by atoms with Gasteiger partial charge in [0.2, 0.25) is 0 Å². The summed E-state index contributed by atoms with van der Waals surface area (Å²) in [5.41, 5.74) is 6.34. The molecule has 0 heterocycles. The van der Waals surface area contributed by atoms with Crippen molar-refractivity contribution in [2.75, 3.05) is 26.1 Å². The summed E-state index contributed by atoms with van der Waals surface area (Å²) in [5, 5.41) is 14.7. The highest BCUT2D eigenvalue weighted by Gasteiger charge is 2.09. The Morgan fingerprint density at radius 1 is 1.44 bits per heavy atom. The van der Waals surface area contributed by atoms with Crippen LogP contribution < -0.4 is 20.5 Å². The first-order valence-electron chi connectivity index (χ1n) is 5.55. The Labute approximate surface area is 106 Å². The molecule has 6 nitrogen and oxygen atoms in total. The molecule has 0 bridgehead atoms. The number of amidine groups is 1. The third-order valence-corrected chi connectivity index (χ3v) is 2.63. The second-order valence-electron chi connectivity index (χ2n) is 3.87. The highest BCUT2D eigenvalue weighted by atomic mass is 16.5. The van der Waals surface area contributed by atoms with E-state index in [1.165, 1.54) is 0 Å². The van der Waals surface area contributed by atoms with Crippen LogP contribution in [0, 0.1) is 5.92 Å². The second-order valence-corrected chi connectivity index (χ2v) is 3.87. The summed E-state index contributed by atoms with van der Waals surface area (Å²) >= 11 is 0. The van der Waals surface area contributed by atoms with Crippen molar-refractivity contribution in [1.29, 1.82) is 0 Å². The summed E-state index contributed by atoms with van der Waals surface area (Å²) in [7, 11) is 3.19. The van der Waals surface area contributed by atoms with Crippen LogP contribution >= 0.6 is 0 Å². The lowest BCUT2D eigenvalue weighted by molar-refractivity contribution is 0.315. The molecule has 0 aliphatic rings. The van der Waals surface area contributed by atoms with Gasteiger partial charge in [-0.15, -0.1) is 0 Å². The molecule has 0 spiro atoms. The molecule has 0 aliphatic carbocycles. The highest BCUT2D eigenvalue weighted by Crippen LogP contribution is 2.29. The van der Waals surface area contributed by atoms with E-state index in [-0.39, 0.29) is 11.8 Å². The van der Waals surface area contributed by atoms with Gasteiger partial charge in [0.05, 0.1) is 19.9 Å². The largest absolute Gasteiger partial charge is 0.497 e. The van der Waals surface area contributed by atoms with E-state index in [0.717, 1.165) is 11.4 Å². The first kappa shape index (κ1) is 14.0. The van der Waals surface area contributed by atoms with Crippen LogP contribution in [0.2, 0.25) is 0 Å². The molecule has 18 heavy (non-hydrogen) atoms. The van der Waals surface area contributed by atoms with E-state index in [1.54, 1.807) is 20.3 Å². The van der Waals surface area contributed by atoms with Gasteiger partial charge in [-0.25, -0.2) is 0 Å². The van der Waals surface area contributed by atoms with Crippen LogP contribution in [0.1, 0.15) is 6.92 Å². The molecule has 1 aromatic rings. The molecule has 0 radical (unpaired) electrons. The first-order valence-corrected chi connectivity index (χ1v) is 5.55. The molecular weight excluding hydrogens is 234 g/mol. The number of benzene rings is 1. The molecule has 0 amide bonds. The van der Waals surface area contributed by atoms with Crippen molar-refractivity contribution < 1.29 is 14.7 Å². The number of ether oxygens (including phenoxy) is 2. The molecule has 1 unspecified atom stereocenters. The van der Waals surface area contributed by atoms with Gasteiger partial charge >= 0.3 is 0 Å². The van der Waals surface area contributed by atoms with Gasteiger partial charge in [0.1, 0.15) is 17.3 Å². The molecule has 100 valence electrons. The Morgan fingerprint density at radius 2 is 2.17 bits per heavy atom. The van der Waals surface area contributed by atoms with Gasteiger partial charge in [0.25, 0.3) is 0 Å². The molecule has 0 fully saturated rings. The lowest BCUT2D eigenvalue weighted by Gasteiger charge is -2.15. The van der Waals surface area contributed by atoms with Gasteiger partial charge in [-0.2, -0.15) is 0 Å². The fourth-order valence-electron chi connectivity index (χ4n) is 1.41. The van der Waals surface area contributed by atoms with Gasteiger partial charge in [-0.3, -0.25) is 0 Å². The fourth-order valence-corrected chi connectivity index (χ4v) is 1.41. The minimum absolute atomic E-state index is 0.0817. The number of oxime groups is 1. The molecule has 1 atom stereocenters. The van der Waals surface area contributed by atoms with Gasteiger partial charge in [0.15, 0.2) is 0 Å². The maximum absolute atomic E-state index is 8.57. The SMILES string of the molecule is COc1ccc(NCC(C)C(N)=NO)c(OC)c1. The lowest BCUT2D eigenvalue weighted by atomic mass is 10.1. The summed E-state index contributed by atoms with van der Waals surface area (Å²) in [4.78, 5) is 0. The second kappa shape index (κ2) is 6.58. The van der Waals surface area contributed by atoms with E-state index in [4.69, 9.17) is 20.4 Å². The molecular formula is C12H19N3O3. The van der Waals surface area contributed by atoms with Crippen LogP contribution in [0.25, 0.3) is 0 Å². The van der Waals surface area contributed by atoms with Crippen molar-refractivity contribution >= 4 is 11.5 Å². The van der Waals surface area contributed by atoms with Crippen molar-refractivity contribution in [1.82, 2.24) is 0 Å². The fraction of sp³-hybridized carbons (Fsp3) is 0.417. The van der Waals surface area contributed by atoms with Crippen LogP contribution in [-0.2, 0) is 0 Å². The van der Waals surface area contributed by atoms with Crippen molar-refractivity contribution in [2.24, 2.45) is 16.8 Å². The van der Waals surface area contributed by atoms with Gasteiger partial charge in [-0.05, 0) is 12.1 Å². The minimum atomic E-state index is -0.0817. The van der Waals surface area contributed by atoms with E-state index >= 15 is 0 Å². The molecule has 1 aromatic carbocycles. The third kappa shape index (κ3) is 3.44. The van der Waals surface area contributed by atoms with Gasteiger partial charge in [0, 0.05) is 18.5 Å². The average molecular weight is 253 g/mol. The number of nitrogens with two attached hydrogens (primary N) is 1. The number of hydrogen-bond acceptors (Lipinski definition) is 5. The Balaban J connectivity index is 2.73. The predicted molar refractivity (Wildman–Crippen MR) is 70.6 cm³/mol. The van der Waals surface area contributed by atoms with Gasteiger partial charge in [-0.1, -0.05) is 12.1 Å². The lowest BCUT2D eigenvalue weighted by Crippen LogP contribution is -2.27. The summed E-state index contributed by atoms with van der Waals surface area (Å²) in [5.74, 6) is 1.51. The first-order chi connectivity index (χ1) is 8.62. The zero-order chi connectivity index (χ0) is 13.5. The molecule has 1 rings (SSSR count). The predicted octanol–water partition coefficient (Wildman–Crippen LogP) is 1.50. The van der Waals surface area contributed by atoms with Crippen molar-refractivity contribution in [3.05, 3.63) is 18.2 Å². The maximum Gasteiger partial charge on any atom is 0.145 e. The standard InChI is InChI=1S/C12H19N3O3/c1-8(12(13)15-16)7-14-10-5-4-9(17-2)6-11(10)18-3/h4-6,8,14,16H,7H2,1-3H3,(H2,13,15). The Morgan fingerprint density at radius 3 is 2.72 bits per heavy atom. The summed E-state index contributed by atoms with van der Waals surface area (Å²) in [6.07, 6.45) is 0. The van der Waals surface area contributed by atoms with E-state index in [1.807, 2.05) is 19.1 Å². The zero-order valence-electron chi connectivity index (χ0n) is 10.8. The van der Waals surface area contributed by atoms with Crippen LogP contribution in [0.5, 0.6) is 11.5 Å². The van der Waals surface area contributed by atoms with Crippen molar-refractivity contribution in [3.8, 4) is 11.5 Å². The topological polar surface area (TPSA) is 89.1 Å². The smallest absolute Gasteiger partial charge is 0.145 e. The number of hydrogen-bond donors (Lipinski definition) is 3. The van der Waals surface area contributed by atoms with Crippen LogP contribution in [0.4, 0.5) is 5.69 Å². The summed E-state index contributed by atoms with van der Waals surface area (Å²) in [6.45, 7) is 2.40. The zero-order valence-corrected chi connectivity index (χ0v) is 10.8. The van der Waals surface area contributed by atoms with E-state index in [2.05, 4.69) is 10.5 Å². The number of nitrogens with zero attached hydrogens (tertiary/aromatic N) is 1. The molecule has 0 aromatic heterocycles. The number of rotatable bonds is 6. The molecule has 6 heteroatoms. The summed E-state index contributed by atoms with van der Waals surface area (Å²) in [6, 6.07) is 5.48.